The van der Waals surface area contributed by atoms with Crippen LogP contribution in [0.1, 0.15) is 39.3 Å². The van der Waals surface area contributed by atoms with Gasteiger partial charge in [0.2, 0.25) is 5.95 Å². The Morgan fingerprint density at radius 3 is 2.38 bits per heavy atom. The Hall–Kier alpha value is -4.68. The van der Waals surface area contributed by atoms with Gasteiger partial charge in [-0.2, -0.15) is 4.98 Å². The SMILES string of the molecule is CN(Cc1cc2c(=O)[nH]c(N)nc2[nH]1)C(=O)c1ccc(C(=O)N[C@@H](CCC(=O)O)C(=O)O)cc1. The van der Waals surface area contributed by atoms with Crippen LogP contribution < -0.4 is 16.6 Å². The number of H-pyrrole nitrogens is 2. The Labute approximate surface area is 191 Å². The predicted molar refractivity (Wildman–Crippen MR) is 119 cm³/mol. The van der Waals surface area contributed by atoms with Crippen LogP contribution in [0, 0.1) is 0 Å². The first-order valence-electron chi connectivity index (χ1n) is 10.0. The zero-order valence-corrected chi connectivity index (χ0v) is 18.0. The molecule has 3 rings (SSSR count). The van der Waals surface area contributed by atoms with Gasteiger partial charge in [-0.25, -0.2) is 4.79 Å². The van der Waals surface area contributed by atoms with Gasteiger partial charge in [0, 0.05) is 30.3 Å². The molecule has 1 aromatic carbocycles. The normalized spacial score (nSPS) is 11.7. The number of rotatable bonds is 9. The van der Waals surface area contributed by atoms with Gasteiger partial charge in [0.15, 0.2) is 0 Å². The molecule has 7 N–H and O–H groups in total. The number of hydrogen-bond donors (Lipinski definition) is 6. The summed E-state index contributed by atoms with van der Waals surface area (Å²) in [5.41, 5.74) is 6.37. The maximum absolute atomic E-state index is 12.8. The minimum absolute atomic E-state index is 0.0315. The first-order chi connectivity index (χ1) is 16.0. The van der Waals surface area contributed by atoms with Gasteiger partial charge in [-0.1, -0.05) is 0 Å². The molecule has 0 aliphatic rings. The maximum atomic E-state index is 12.8. The van der Waals surface area contributed by atoms with E-state index in [4.69, 9.17) is 15.9 Å². The molecule has 0 radical (unpaired) electrons. The van der Waals surface area contributed by atoms with Crippen LogP contribution in [0.3, 0.4) is 0 Å². The first kappa shape index (κ1) is 24.0. The molecule has 2 aromatic heterocycles. The van der Waals surface area contributed by atoms with Crippen molar-refractivity contribution < 1.29 is 29.4 Å². The van der Waals surface area contributed by atoms with E-state index in [0.717, 1.165) is 0 Å². The quantitative estimate of drug-likeness (QED) is 0.251. The Balaban J connectivity index is 1.66. The molecule has 2 amide bonds. The summed E-state index contributed by atoms with van der Waals surface area (Å²) in [4.78, 5) is 69.7. The lowest BCUT2D eigenvalue weighted by Crippen LogP contribution is -2.41. The molecule has 178 valence electrons. The summed E-state index contributed by atoms with van der Waals surface area (Å²) in [7, 11) is 1.56. The Bertz CT molecular complexity index is 1310. The molecule has 0 aliphatic heterocycles. The summed E-state index contributed by atoms with van der Waals surface area (Å²) in [5, 5.41) is 20.5. The van der Waals surface area contributed by atoms with E-state index >= 15 is 0 Å². The van der Waals surface area contributed by atoms with E-state index in [9.17, 15) is 24.0 Å². The largest absolute Gasteiger partial charge is 0.481 e. The number of nitrogens with one attached hydrogen (secondary N) is 3. The molecule has 2 heterocycles. The summed E-state index contributed by atoms with van der Waals surface area (Å²) < 4.78 is 0. The Morgan fingerprint density at radius 1 is 1.12 bits per heavy atom. The molecular weight excluding hydrogens is 448 g/mol. The van der Waals surface area contributed by atoms with Crippen molar-refractivity contribution in [3.8, 4) is 0 Å². The molecule has 1 atom stereocenters. The fourth-order valence-electron chi connectivity index (χ4n) is 3.26. The van der Waals surface area contributed by atoms with Crippen molar-refractivity contribution in [1.82, 2.24) is 25.2 Å². The minimum Gasteiger partial charge on any atom is -0.481 e. The van der Waals surface area contributed by atoms with Crippen LogP contribution in [-0.4, -0.2) is 66.9 Å². The number of carbonyl (C=O) groups excluding carboxylic acids is 2. The Morgan fingerprint density at radius 2 is 1.76 bits per heavy atom. The summed E-state index contributed by atoms with van der Waals surface area (Å²) >= 11 is 0. The van der Waals surface area contributed by atoms with Gasteiger partial charge in [-0.3, -0.25) is 24.2 Å². The number of aromatic nitrogens is 3. The van der Waals surface area contributed by atoms with E-state index < -0.39 is 35.9 Å². The minimum atomic E-state index is -1.36. The lowest BCUT2D eigenvalue weighted by Gasteiger charge is -2.17. The number of aliphatic carboxylic acids is 2. The van der Waals surface area contributed by atoms with Crippen LogP contribution >= 0.6 is 0 Å². The molecule has 0 saturated heterocycles. The van der Waals surface area contributed by atoms with E-state index in [1.165, 1.54) is 29.2 Å². The second-order valence-corrected chi connectivity index (χ2v) is 7.54. The summed E-state index contributed by atoms with van der Waals surface area (Å²) in [6.45, 7) is 0.140. The number of amides is 2. The monoisotopic (exact) mass is 470 g/mol. The number of carbonyl (C=O) groups is 4. The highest BCUT2D eigenvalue weighted by Gasteiger charge is 2.22. The number of carboxylic acids is 2. The van der Waals surface area contributed by atoms with E-state index in [1.807, 2.05) is 0 Å². The average molecular weight is 470 g/mol. The van der Waals surface area contributed by atoms with Crippen LogP contribution in [0.4, 0.5) is 5.95 Å². The van der Waals surface area contributed by atoms with Gasteiger partial charge in [0.1, 0.15) is 11.7 Å². The molecule has 13 heteroatoms. The average Bonchev–Trinajstić information content (AvgIpc) is 3.18. The van der Waals surface area contributed by atoms with Crippen molar-refractivity contribution in [1.29, 1.82) is 0 Å². The van der Waals surface area contributed by atoms with Crippen molar-refractivity contribution in [3.05, 3.63) is 57.5 Å². The number of aromatic amines is 2. The molecule has 13 nitrogen and oxygen atoms in total. The number of anilines is 1. The second-order valence-electron chi connectivity index (χ2n) is 7.54. The van der Waals surface area contributed by atoms with E-state index in [0.29, 0.717) is 16.7 Å². The van der Waals surface area contributed by atoms with Crippen molar-refractivity contribution in [3.63, 3.8) is 0 Å². The number of carboxylic acid groups (broad SMARTS) is 2. The standard InChI is InChI=1S/C21H22N6O7/c1-27(9-12-8-13-16(23-12)25-21(22)26-18(13)31)19(32)11-4-2-10(3-5-11)17(30)24-14(20(33)34)6-7-15(28)29/h2-5,8,14H,6-7,9H2,1H3,(H,24,30)(H,28,29)(H,33,34)(H4,22,23,25,26,31)/t14-/m0/s1. The fraction of sp³-hybridized carbons (Fsp3) is 0.238. The highest BCUT2D eigenvalue weighted by atomic mass is 16.4. The third kappa shape index (κ3) is 5.56. The number of hydrogen-bond acceptors (Lipinski definition) is 7. The Kier molecular flexibility index (Phi) is 6.95. The van der Waals surface area contributed by atoms with Gasteiger partial charge in [0.05, 0.1) is 11.9 Å². The van der Waals surface area contributed by atoms with E-state index in [1.54, 1.807) is 13.1 Å². The molecule has 0 saturated carbocycles. The van der Waals surface area contributed by atoms with Crippen molar-refractivity contribution >= 4 is 40.7 Å². The fourth-order valence-corrected chi connectivity index (χ4v) is 3.26. The number of nitrogens with two attached hydrogens (primary N) is 1. The first-order valence-corrected chi connectivity index (χ1v) is 10.0. The summed E-state index contributed by atoms with van der Waals surface area (Å²) in [6.07, 6.45) is -0.676. The molecule has 0 fully saturated rings. The molecule has 3 aromatic rings. The molecule has 0 unspecified atom stereocenters. The highest BCUT2D eigenvalue weighted by Crippen LogP contribution is 2.14. The van der Waals surface area contributed by atoms with Crippen LogP contribution in [0.2, 0.25) is 0 Å². The van der Waals surface area contributed by atoms with Gasteiger partial charge in [-0.15, -0.1) is 0 Å². The molecule has 0 aliphatic carbocycles. The third-order valence-electron chi connectivity index (χ3n) is 4.97. The lowest BCUT2D eigenvalue weighted by molar-refractivity contribution is -0.140. The topological polar surface area (TPSA) is 212 Å². The summed E-state index contributed by atoms with van der Waals surface area (Å²) in [5.74, 6) is -3.62. The second kappa shape index (κ2) is 9.85. The number of nitrogen functional groups attached to an aromatic ring is 1. The van der Waals surface area contributed by atoms with Gasteiger partial charge < -0.3 is 31.1 Å². The third-order valence-corrected chi connectivity index (χ3v) is 4.97. The smallest absolute Gasteiger partial charge is 0.326 e. The van der Waals surface area contributed by atoms with Gasteiger partial charge in [0.25, 0.3) is 17.4 Å². The van der Waals surface area contributed by atoms with E-state index in [2.05, 4.69) is 20.3 Å². The molecule has 0 bridgehead atoms. The van der Waals surface area contributed by atoms with Crippen molar-refractivity contribution in [2.24, 2.45) is 0 Å². The molecular formula is C21H22N6O7. The number of nitrogens with zero attached hydrogens (tertiary/aromatic N) is 2. The lowest BCUT2D eigenvalue weighted by atomic mass is 10.1. The van der Waals surface area contributed by atoms with Crippen LogP contribution in [0.5, 0.6) is 0 Å². The zero-order chi connectivity index (χ0) is 25.0. The predicted octanol–water partition coefficient (Wildman–Crippen LogP) is 0.153. The van der Waals surface area contributed by atoms with Gasteiger partial charge >= 0.3 is 11.9 Å². The molecule has 0 spiro atoms. The zero-order valence-electron chi connectivity index (χ0n) is 18.0. The van der Waals surface area contributed by atoms with Gasteiger partial charge in [-0.05, 0) is 36.8 Å². The maximum Gasteiger partial charge on any atom is 0.326 e. The van der Waals surface area contributed by atoms with Crippen LogP contribution in [-0.2, 0) is 16.1 Å². The van der Waals surface area contributed by atoms with E-state index in [-0.39, 0.29) is 35.9 Å². The molecule has 34 heavy (non-hydrogen) atoms. The van der Waals surface area contributed by atoms with Crippen LogP contribution in [0.25, 0.3) is 11.0 Å². The number of benzene rings is 1. The highest BCUT2D eigenvalue weighted by molar-refractivity contribution is 5.99. The van der Waals surface area contributed by atoms with Crippen molar-refractivity contribution in [2.45, 2.75) is 25.4 Å². The van der Waals surface area contributed by atoms with Crippen LogP contribution in [0.15, 0.2) is 35.1 Å². The number of fused-ring (bicyclic) bond motifs is 1. The summed E-state index contributed by atoms with van der Waals surface area (Å²) in [6, 6.07) is 5.77. The van der Waals surface area contributed by atoms with Crippen molar-refractivity contribution in [2.75, 3.05) is 12.8 Å².